The predicted molar refractivity (Wildman–Crippen MR) is 77.1 cm³/mol. The lowest BCUT2D eigenvalue weighted by Gasteiger charge is -2.11. The molecule has 0 unspecified atom stereocenters. The topological polar surface area (TPSA) is 46.5 Å². The van der Waals surface area contributed by atoms with Crippen molar-refractivity contribution in [2.75, 3.05) is 0 Å². The van der Waals surface area contributed by atoms with Gasteiger partial charge in [0.15, 0.2) is 0 Å². The van der Waals surface area contributed by atoms with Crippen molar-refractivity contribution >= 4 is 21.9 Å². The Kier molecular flexibility index (Phi) is 3.90. The summed E-state index contributed by atoms with van der Waals surface area (Å²) < 4.78 is 6.29. The Morgan fingerprint density at radius 1 is 1.21 bits per heavy atom. The number of halogens is 1. The molecule has 2 aromatic carbocycles. The van der Waals surface area contributed by atoms with E-state index in [4.69, 9.17) is 9.84 Å². The third-order valence-electron chi connectivity index (χ3n) is 2.95. The lowest BCUT2D eigenvalue weighted by atomic mass is 10.1. The number of hydrogen-bond acceptors (Lipinski definition) is 2. The molecule has 0 spiro atoms. The van der Waals surface area contributed by atoms with Crippen LogP contribution >= 0.6 is 15.9 Å². The van der Waals surface area contributed by atoms with E-state index in [2.05, 4.69) is 15.9 Å². The smallest absolute Gasteiger partial charge is 0.336 e. The van der Waals surface area contributed by atoms with Crippen LogP contribution < -0.4 is 4.74 Å². The minimum absolute atomic E-state index is 0.216. The van der Waals surface area contributed by atoms with Crippen LogP contribution in [0.3, 0.4) is 0 Å². The van der Waals surface area contributed by atoms with Gasteiger partial charge in [-0.25, -0.2) is 4.79 Å². The molecule has 2 aromatic rings. The van der Waals surface area contributed by atoms with Crippen molar-refractivity contribution in [2.45, 2.75) is 13.8 Å². The fourth-order valence-electron chi connectivity index (χ4n) is 1.69. The lowest BCUT2D eigenvalue weighted by molar-refractivity contribution is 0.0696. The van der Waals surface area contributed by atoms with Crippen molar-refractivity contribution in [2.24, 2.45) is 0 Å². The molecule has 98 valence electrons. The number of hydrogen-bond donors (Lipinski definition) is 1. The van der Waals surface area contributed by atoms with E-state index in [0.29, 0.717) is 10.2 Å². The highest BCUT2D eigenvalue weighted by molar-refractivity contribution is 9.10. The van der Waals surface area contributed by atoms with Gasteiger partial charge < -0.3 is 9.84 Å². The molecule has 0 aliphatic carbocycles. The summed E-state index contributed by atoms with van der Waals surface area (Å²) in [5, 5.41) is 8.96. The van der Waals surface area contributed by atoms with E-state index in [1.165, 1.54) is 6.07 Å². The third-order valence-corrected chi connectivity index (χ3v) is 3.61. The van der Waals surface area contributed by atoms with Crippen LogP contribution in [0.15, 0.2) is 40.9 Å². The molecule has 1 N–H and O–H groups in total. The van der Waals surface area contributed by atoms with Crippen LogP contribution in [0.1, 0.15) is 21.5 Å². The lowest BCUT2D eigenvalue weighted by Crippen LogP contribution is -1.98. The largest absolute Gasteiger partial charge is 0.478 e. The average molecular weight is 321 g/mol. The Morgan fingerprint density at radius 2 is 1.95 bits per heavy atom. The van der Waals surface area contributed by atoms with Gasteiger partial charge in [0.1, 0.15) is 11.5 Å². The molecule has 0 aliphatic heterocycles. The van der Waals surface area contributed by atoms with Gasteiger partial charge in [-0.1, -0.05) is 12.1 Å². The van der Waals surface area contributed by atoms with Crippen molar-refractivity contribution in [3.8, 4) is 11.5 Å². The van der Waals surface area contributed by atoms with E-state index < -0.39 is 5.97 Å². The molecular formula is C15H13BrO3. The molecule has 0 aliphatic rings. The molecule has 19 heavy (non-hydrogen) atoms. The molecule has 0 amide bonds. The zero-order chi connectivity index (χ0) is 14.0. The summed E-state index contributed by atoms with van der Waals surface area (Å²) in [7, 11) is 0. The molecule has 0 aromatic heterocycles. The van der Waals surface area contributed by atoms with Crippen molar-refractivity contribution in [1.82, 2.24) is 0 Å². The second-order valence-corrected chi connectivity index (χ2v) is 5.10. The maximum absolute atomic E-state index is 10.9. The second kappa shape index (κ2) is 5.45. The molecule has 0 saturated heterocycles. The predicted octanol–water partition coefficient (Wildman–Crippen LogP) is 4.56. The van der Waals surface area contributed by atoms with Gasteiger partial charge >= 0.3 is 5.97 Å². The average Bonchev–Trinajstić information content (AvgIpc) is 2.34. The van der Waals surface area contributed by atoms with Crippen molar-refractivity contribution < 1.29 is 14.6 Å². The zero-order valence-electron chi connectivity index (χ0n) is 10.6. The Bertz CT molecular complexity index is 635. The van der Waals surface area contributed by atoms with Crippen LogP contribution in [-0.2, 0) is 0 Å². The van der Waals surface area contributed by atoms with E-state index in [1.807, 2.05) is 32.0 Å². The van der Waals surface area contributed by atoms with Gasteiger partial charge in [0.25, 0.3) is 0 Å². The summed E-state index contributed by atoms with van der Waals surface area (Å²) in [5.74, 6) is 0.408. The van der Waals surface area contributed by atoms with E-state index in [-0.39, 0.29) is 5.56 Å². The summed E-state index contributed by atoms with van der Waals surface area (Å²) in [4.78, 5) is 10.9. The quantitative estimate of drug-likeness (QED) is 0.902. The van der Waals surface area contributed by atoms with Gasteiger partial charge in [0.05, 0.1) is 5.56 Å². The summed E-state index contributed by atoms with van der Waals surface area (Å²) in [6.07, 6.45) is 0. The molecule has 0 bridgehead atoms. The van der Waals surface area contributed by atoms with Crippen molar-refractivity contribution in [3.05, 3.63) is 57.6 Å². The Labute approximate surface area is 120 Å². The fourth-order valence-corrected chi connectivity index (χ4v) is 2.22. The fraction of sp³-hybridized carbons (Fsp3) is 0.133. The number of aryl methyl sites for hydroxylation is 1. The minimum Gasteiger partial charge on any atom is -0.478 e. The Balaban J connectivity index is 2.32. The number of rotatable bonds is 3. The number of carbonyl (C=O) groups is 1. The van der Waals surface area contributed by atoms with Gasteiger partial charge in [0.2, 0.25) is 0 Å². The Morgan fingerprint density at radius 3 is 2.58 bits per heavy atom. The zero-order valence-corrected chi connectivity index (χ0v) is 12.2. The maximum atomic E-state index is 10.9. The first-order chi connectivity index (χ1) is 8.99. The summed E-state index contributed by atoms with van der Waals surface area (Å²) in [6, 6.07) is 10.7. The molecule has 4 heteroatoms. The molecule has 3 nitrogen and oxygen atoms in total. The highest BCUT2D eigenvalue weighted by atomic mass is 79.9. The summed E-state index contributed by atoms with van der Waals surface area (Å²) >= 11 is 3.23. The van der Waals surface area contributed by atoms with E-state index in [1.54, 1.807) is 12.1 Å². The van der Waals surface area contributed by atoms with Crippen molar-refractivity contribution in [3.63, 3.8) is 0 Å². The van der Waals surface area contributed by atoms with Gasteiger partial charge in [-0.2, -0.15) is 0 Å². The first-order valence-electron chi connectivity index (χ1n) is 5.76. The molecule has 0 atom stereocenters. The SMILES string of the molecule is Cc1cccc(Oc2ccc(C(=O)O)c(Br)c2)c1C. The standard InChI is InChI=1S/C15H13BrO3/c1-9-4-3-5-14(10(9)2)19-11-6-7-12(15(17)18)13(16)8-11/h3-8H,1-2H3,(H,17,18). The van der Waals surface area contributed by atoms with Crippen LogP contribution in [0, 0.1) is 13.8 Å². The van der Waals surface area contributed by atoms with Crippen LogP contribution in [-0.4, -0.2) is 11.1 Å². The second-order valence-electron chi connectivity index (χ2n) is 4.25. The molecule has 2 rings (SSSR count). The number of benzene rings is 2. The van der Waals surface area contributed by atoms with Crippen molar-refractivity contribution in [1.29, 1.82) is 0 Å². The Hall–Kier alpha value is -1.81. The number of ether oxygens (including phenoxy) is 1. The van der Waals surface area contributed by atoms with Gasteiger partial charge in [-0.3, -0.25) is 0 Å². The maximum Gasteiger partial charge on any atom is 0.336 e. The molecule has 0 saturated carbocycles. The monoisotopic (exact) mass is 320 g/mol. The van der Waals surface area contributed by atoms with Crippen LogP contribution in [0.2, 0.25) is 0 Å². The summed E-state index contributed by atoms with van der Waals surface area (Å²) in [6.45, 7) is 4.01. The minimum atomic E-state index is -0.967. The number of carboxylic acid groups (broad SMARTS) is 1. The highest BCUT2D eigenvalue weighted by Crippen LogP contribution is 2.30. The number of carboxylic acids is 1. The first-order valence-corrected chi connectivity index (χ1v) is 6.55. The van der Waals surface area contributed by atoms with Gasteiger partial charge in [-0.05, 0) is 65.2 Å². The molecule has 0 fully saturated rings. The summed E-state index contributed by atoms with van der Waals surface area (Å²) in [5.41, 5.74) is 2.44. The van der Waals surface area contributed by atoms with Gasteiger partial charge in [-0.15, -0.1) is 0 Å². The van der Waals surface area contributed by atoms with Gasteiger partial charge in [0, 0.05) is 4.47 Å². The molecule has 0 heterocycles. The van der Waals surface area contributed by atoms with E-state index in [9.17, 15) is 4.79 Å². The first kappa shape index (κ1) is 13.6. The highest BCUT2D eigenvalue weighted by Gasteiger charge is 2.10. The number of aromatic carboxylic acids is 1. The normalized spacial score (nSPS) is 10.3. The van der Waals surface area contributed by atoms with Crippen LogP contribution in [0.4, 0.5) is 0 Å². The third kappa shape index (κ3) is 2.96. The molecular weight excluding hydrogens is 308 g/mol. The van der Waals surface area contributed by atoms with Crippen LogP contribution in [0.25, 0.3) is 0 Å². The van der Waals surface area contributed by atoms with Crippen LogP contribution in [0.5, 0.6) is 11.5 Å². The van der Waals surface area contributed by atoms with E-state index >= 15 is 0 Å². The van der Waals surface area contributed by atoms with E-state index in [0.717, 1.165) is 16.9 Å². The molecule has 0 radical (unpaired) electrons.